The molecule has 0 saturated carbocycles. The van der Waals surface area contributed by atoms with Crippen molar-refractivity contribution in [2.75, 3.05) is 0 Å². The van der Waals surface area contributed by atoms with E-state index in [0.717, 1.165) is 17.3 Å². The van der Waals surface area contributed by atoms with Crippen LogP contribution in [-0.2, 0) is 24.9 Å². The molecule has 1 unspecified atom stereocenters. The van der Waals surface area contributed by atoms with Gasteiger partial charge in [-0.05, 0) is 54.9 Å². The van der Waals surface area contributed by atoms with Gasteiger partial charge in [0.25, 0.3) is 5.24 Å². The van der Waals surface area contributed by atoms with E-state index in [1.807, 2.05) is 0 Å². The van der Waals surface area contributed by atoms with Gasteiger partial charge in [0.2, 0.25) is 40.7 Å². The molecular formula is C26H18F5N3O4S. The van der Waals surface area contributed by atoms with E-state index in [1.165, 1.54) is 18.2 Å². The zero-order valence-electron chi connectivity index (χ0n) is 20.3. The predicted molar refractivity (Wildman–Crippen MR) is 131 cm³/mol. The van der Waals surface area contributed by atoms with Gasteiger partial charge in [-0.1, -0.05) is 12.1 Å². The van der Waals surface area contributed by atoms with Gasteiger partial charge in [-0.3, -0.25) is 14.9 Å². The van der Waals surface area contributed by atoms with Gasteiger partial charge in [-0.2, -0.15) is 8.78 Å². The third-order valence-corrected chi connectivity index (χ3v) is 7.25. The van der Waals surface area contributed by atoms with E-state index < -0.39 is 39.6 Å². The van der Waals surface area contributed by atoms with E-state index in [1.54, 1.807) is 42.8 Å². The number of fused-ring (bicyclic) bond motifs is 1. The molecule has 1 aliphatic heterocycles. The normalized spacial score (nSPS) is 17.1. The molecule has 1 N–H and O–H groups in total. The molecule has 0 aliphatic carbocycles. The summed E-state index contributed by atoms with van der Waals surface area (Å²) in [4.78, 5) is 28.0. The number of carbonyl (C=O) groups excluding carboxylic acids is 2. The SMILES string of the molecule is Cn1c(COc2ccc(CC3(C)SC(=O)NC3=O)cc2)nc2ccc(Oc3c(F)c(F)c(F)c(F)c3F)cc21. The van der Waals surface area contributed by atoms with Gasteiger partial charge in [0, 0.05) is 13.1 Å². The van der Waals surface area contributed by atoms with Crippen LogP contribution in [-0.4, -0.2) is 25.4 Å². The number of thioether (sulfide) groups is 1. The highest BCUT2D eigenvalue weighted by Crippen LogP contribution is 2.36. The maximum absolute atomic E-state index is 14.0. The molecule has 0 spiro atoms. The van der Waals surface area contributed by atoms with Gasteiger partial charge in [-0.15, -0.1) is 0 Å². The molecule has 2 amide bonds. The number of aromatic nitrogens is 2. The topological polar surface area (TPSA) is 82.5 Å². The minimum atomic E-state index is -2.27. The smallest absolute Gasteiger partial charge is 0.286 e. The molecule has 4 aromatic rings. The van der Waals surface area contributed by atoms with Crippen molar-refractivity contribution in [3.8, 4) is 17.2 Å². The van der Waals surface area contributed by atoms with Crippen molar-refractivity contribution in [3.63, 3.8) is 0 Å². The summed E-state index contributed by atoms with van der Waals surface area (Å²) in [5, 5.41) is 1.91. The highest BCUT2D eigenvalue weighted by Gasteiger charge is 2.43. The number of nitrogens with zero attached hydrogens (tertiary/aromatic N) is 2. The molecule has 39 heavy (non-hydrogen) atoms. The minimum absolute atomic E-state index is 0.0445. The lowest BCUT2D eigenvalue weighted by atomic mass is 9.99. The van der Waals surface area contributed by atoms with Crippen molar-refractivity contribution in [3.05, 3.63) is 82.9 Å². The number of imidazole rings is 1. The quantitative estimate of drug-likeness (QED) is 0.171. The number of carbonyl (C=O) groups is 2. The van der Waals surface area contributed by atoms with Crippen LogP contribution in [0.4, 0.5) is 26.7 Å². The summed E-state index contributed by atoms with van der Waals surface area (Å²) in [7, 11) is 1.66. The Kier molecular flexibility index (Phi) is 6.70. The summed E-state index contributed by atoms with van der Waals surface area (Å²) in [6, 6.07) is 11.1. The van der Waals surface area contributed by atoms with E-state index in [0.29, 0.717) is 29.0 Å². The summed E-state index contributed by atoms with van der Waals surface area (Å²) >= 11 is 0.954. The summed E-state index contributed by atoms with van der Waals surface area (Å²) < 4.78 is 79.9. The number of hydrogen-bond donors (Lipinski definition) is 1. The second-order valence-electron chi connectivity index (χ2n) is 8.92. The third-order valence-electron chi connectivity index (χ3n) is 6.18. The van der Waals surface area contributed by atoms with Gasteiger partial charge >= 0.3 is 0 Å². The van der Waals surface area contributed by atoms with Crippen LogP contribution in [0.1, 0.15) is 18.3 Å². The Morgan fingerprint density at radius 1 is 0.923 bits per heavy atom. The zero-order chi connectivity index (χ0) is 28.1. The fourth-order valence-electron chi connectivity index (χ4n) is 4.06. The van der Waals surface area contributed by atoms with Crippen molar-refractivity contribution in [1.29, 1.82) is 0 Å². The molecule has 0 bridgehead atoms. The van der Waals surface area contributed by atoms with Crippen molar-refractivity contribution < 1.29 is 41.0 Å². The van der Waals surface area contributed by atoms with E-state index in [9.17, 15) is 31.5 Å². The lowest BCUT2D eigenvalue weighted by Crippen LogP contribution is -2.35. The van der Waals surface area contributed by atoms with E-state index in [-0.39, 0.29) is 23.5 Å². The van der Waals surface area contributed by atoms with Crippen LogP contribution in [0.15, 0.2) is 42.5 Å². The Bertz CT molecular complexity index is 1610. The summed E-state index contributed by atoms with van der Waals surface area (Å²) in [6.45, 7) is 1.75. The van der Waals surface area contributed by atoms with Crippen molar-refractivity contribution in [2.45, 2.75) is 24.7 Å². The summed E-state index contributed by atoms with van der Waals surface area (Å²) in [6.07, 6.45) is 0.357. The molecule has 13 heteroatoms. The lowest BCUT2D eigenvalue weighted by Gasteiger charge is -2.18. The molecule has 202 valence electrons. The maximum Gasteiger partial charge on any atom is 0.286 e. The molecular weight excluding hydrogens is 545 g/mol. The van der Waals surface area contributed by atoms with Crippen LogP contribution in [0, 0.1) is 29.1 Å². The first-order chi connectivity index (χ1) is 18.5. The first-order valence-corrected chi connectivity index (χ1v) is 12.2. The average Bonchev–Trinajstić information content (AvgIpc) is 3.36. The number of benzene rings is 3. The largest absolute Gasteiger partial charge is 0.486 e. The fraction of sp³-hybridized carbons (Fsp3) is 0.192. The molecule has 5 rings (SSSR count). The highest BCUT2D eigenvalue weighted by molar-refractivity contribution is 8.16. The molecule has 3 aromatic carbocycles. The standard InChI is InChI=1S/C26H18F5N3O4S/c1-26(24(35)33-25(36)39-26)10-12-3-5-13(6-4-12)37-11-17-32-15-8-7-14(9-16(15)34(17)2)38-23-21(30)19(28)18(27)20(29)22(23)31/h3-9H,10-11H2,1-2H3,(H,33,35,36). The molecule has 1 fully saturated rings. The number of hydrogen-bond acceptors (Lipinski definition) is 6. The Labute approximate surface area is 221 Å². The van der Waals surface area contributed by atoms with Crippen LogP contribution in [0.5, 0.6) is 17.2 Å². The van der Waals surface area contributed by atoms with E-state index >= 15 is 0 Å². The van der Waals surface area contributed by atoms with Crippen LogP contribution in [0.25, 0.3) is 11.0 Å². The highest BCUT2D eigenvalue weighted by atomic mass is 32.2. The first kappa shape index (κ1) is 26.5. The number of halogens is 5. The van der Waals surface area contributed by atoms with E-state index in [4.69, 9.17) is 9.47 Å². The molecule has 1 aromatic heterocycles. The third kappa shape index (κ3) is 4.89. The lowest BCUT2D eigenvalue weighted by molar-refractivity contribution is -0.121. The Morgan fingerprint density at radius 3 is 2.15 bits per heavy atom. The van der Waals surface area contributed by atoms with Gasteiger partial charge in [0.05, 0.1) is 11.0 Å². The fourth-order valence-corrected chi connectivity index (χ4v) is 5.00. The first-order valence-electron chi connectivity index (χ1n) is 11.4. The van der Waals surface area contributed by atoms with Crippen molar-refractivity contribution in [2.24, 2.45) is 7.05 Å². The summed E-state index contributed by atoms with van der Waals surface area (Å²) in [5.41, 5.74) is 1.78. The predicted octanol–water partition coefficient (Wildman–Crippen LogP) is 5.92. The van der Waals surface area contributed by atoms with Crippen LogP contribution < -0.4 is 14.8 Å². The number of rotatable bonds is 7. The van der Waals surface area contributed by atoms with Crippen molar-refractivity contribution >= 4 is 33.9 Å². The van der Waals surface area contributed by atoms with Crippen LogP contribution in [0.3, 0.4) is 0 Å². The number of amides is 2. The van der Waals surface area contributed by atoms with E-state index in [2.05, 4.69) is 10.3 Å². The van der Waals surface area contributed by atoms with Gasteiger partial charge in [0.15, 0.2) is 0 Å². The van der Waals surface area contributed by atoms with Gasteiger partial charge in [0.1, 0.15) is 28.7 Å². The molecule has 2 heterocycles. The Hall–Kier alpha value is -4.13. The molecule has 7 nitrogen and oxygen atoms in total. The average molecular weight is 564 g/mol. The second-order valence-corrected chi connectivity index (χ2v) is 10.4. The maximum atomic E-state index is 14.0. The Morgan fingerprint density at radius 2 is 1.54 bits per heavy atom. The number of ether oxygens (including phenoxy) is 2. The molecule has 1 atom stereocenters. The van der Waals surface area contributed by atoms with Gasteiger partial charge in [-0.25, -0.2) is 18.2 Å². The second kappa shape index (κ2) is 9.88. The zero-order valence-corrected chi connectivity index (χ0v) is 21.1. The monoisotopic (exact) mass is 563 g/mol. The minimum Gasteiger partial charge on any atom is -0.486 e. The molecule has 1 saturated heterocycles. The van der Waals surface area contributed by atoms with Crippen LogP contribution in [0.2, 0.25) is 0 Å². The number of aryl methyl sites for hydroxylation is 1. The summed E-state index contributed by atoms with van der Waals surface area (Å²) in [5.74, 6) is -11.6. The van der Waals surface area contributed by atoms with Gasteiger partial charge < -0.3 is 14.0 Å². The van der Waals surface area contributed by atoms with Crippen molar-refractivity contribution in [1.82, 2.24) is 14.9 Å². The molecule has 1 aliphatic rings. The Balaban J connectivity index is 1.29. The number of imide groups is 1. The number of nitrogens with one attached hydrogen (secondary N) is 1. The van der Waals surface area contributed by atoms with Crippen LogP contribution >= 0.6 is 11.8 Å². The molecule has 0 radical (unpaired) electrons.